The minimum absolute atomic E-state index is 0.0434. The molecule has 0 aliphatic carbocycles. The Kier molecular flexibility index (Phi) is 4.85. The lowest BCUT2D eigenvalue weighted by Crippen LogP contribution is -2.33. The Labute approximate surface area is 121 Å². The molecule has 1 heterocycles. The van der Waals surface area contributed by atoms with Crippen LogP contribution in [0.1, 0.15) is 12.8 Å². The van der Waals surface area contributed by atoms with Crippen molar-refractivity contribution in [1.82, 2.24) is 5.32 Å². The van der Waals surface area contributed by atoms with Crippen LogP contribution < -0.4 is 10.6 Å². The monoisotopic (exact) mass is 303 g/mol. The zero-order chi connectivity index (χ0) is 13.8. The standard InChI is InChI=1S/C12H15Cl2N3O2/c13-9-4-11(12(17(18)19)5-10(9)14)16-7-8-2-1-3-15-6-8/h4-5,8,15-16H,1-3,6-7H2. The van der Waals surface area contributed by atoms with Gasteiger partial charge in [0, 0.05) is 12.6 Å². The molecule has 1 aromatic carbocycles. The quantitative estimate of drug-likeness (QED) is 0.661. The summed E-state index contributed by atoms with van der Waals surface area (Å²) < 4.78 is 0. The summed E-state index contributed by atoms with van der Waals surface area (Å²) in [6, 6.07) is 2.80. The van der Waals surface area contributed by atoms with Gasteiger partial charge in [0.05, 0.1) is 15.0 Å². The highest BCUT2D eigenvalue weighted by Gasteiger charge is 2.19. The highest BCUT2D eigenvalue weighted by Crippen LogP contribution is 2.34. The summed E-state index contributed by atoms with van der Waals surface area (Å²) in [5.74, 6) is 0.475. The van der Waals surface area contributed by atoms with Crippen LogP contribution in [0.25, 0.3) is 0 Å². The van der Waals surface area contributed by atoms with Crippen molar-refractivity contribution in [3.63, 3.8) is 0 Å². The molecule has 5 nitrogen and oxygen atoms in total. The third kappa shape index (κ3) is 3.72. The highest BCUT2D eigenvalue weighted by molar-refractivity contribution is 6.42. The molecule has 1 saturated heterocycles. The summed E-state index contributed by atoms with van der Waals surface area (Å²) in [7, 11) is 0. The van der Waals surface area contributed by atoms with E-state index in [2.05, 4.69) is 10.6 Å². The number of halogens is 2. The number of hydrogen-bond acceptors (Lipinski definition) is 4. The summed E-state index contributed by atoms with van der Waals surface area (Å²) in [6.45, 7) is 2.66. The molecule has 2 N–H and O–H groups in total. The van der Waals surface area contributed by atoms with Gasteiger partial charge in [0.15, 0.2) is 0 Å². The van der Waals surface area contributed by atoms with Crippen molar-refractivity contribution in [2.24, 2.45) is 5.92 Å². The molecule has 1 atom stereocenters. The van der Waals surface area contributed by atoms with Crippen molar-refractivity contribution in [3.05, 3.63) is 32.3 Å². The van der Waals surface area contributed by atoms with Gasteiger partial charge < -0.3 is 10.6 Å². The van der Waals surface area contributed by atoms with Crippen LogP contribution in [0, 0.1) is 16.0 Å². The SMILES string of the molecule is O=[N+]([O-])c1cc(Cl)c(Cl)cc1NCC1CCCNC1. The number of anilines is 1. The Morgan fingerprint density at radius 1 is 1.42 bits per heavy atom. The molecule has 0 spiro atoms. The Balaban J connectivity index is 2.09. The molecule has 2 rings (SSSR count). The molecule has 104 valence electrons. The minimum Gasteiger partial charge on any atom is -0.379 e. The zero-order valence-electron chi connectivity index (χ0n) is 10.3. The zero-order valence-corrected chi connectivity index (χ0v) is 11.8. The van der Waals surface area contributed by atoms with Crippen LogP contribution in [0.2, 0.25) is 10.0 Å². The van der Waals surface area contributed by atoms with Gasteiger partial charge in [-0.05, 0) is 37.9 Å². The molecule has 1 aliphatic heterocycles. The van der Waals surface area contributed by atoms with Crippen molar-refractivity contribution in [1.29, 1.82) is 0 Å². The fraction of sp³-hybridized carbons (Fsp3) is 0.500. The van der Waals surface area contributed by atoms with E-state index in [4.69, 9.17) is 23.2 Å². The van der Waals surface area contributed by atoms with Crippen LogP contribution >= 0.6 is 23.2 Å². The van der Waals surface area contributed by atoms with Crippen molar-refractivity contribution in [3.8, 4) is 0 Å². The van der Waals surface area contributed by atoms with Crippen molar-refractivity contribution in [2.75, 3.05) is 25.0 Å². The number of nitrogens with zero attached hydrogens (tertiary/aromatic N) is 1. The first kappa shape index (κ1) is 14.4. The van der Waals surface area contributed by atoms with Gasteiger partial charge in [-0.3, -0.25) is 10.1 Å². The molecular weight excluding hydrogens is 289 g/mol. The van der Waals surface area contributed by atoms with E-state index in [0.29, 0.717) is 23.2 Å². The number of nitro groups is 1. The summed E-state index contributed by atoms with van der Waals surface area (Å²) in [5, 5.41) is 17.9. The third-order valence-electron chi connectivity index (χ3n) is 3.22. The summed E-state index contributed by atoms with van der Waals surface area (Å²) in [5.41, 5.74) is 0.378. The lowest BCUT2D eigenvalue weighted by Gasteiger charge is -2.23. The number of piperidine rings is 1. The fourth-order valence-corrected chi connectivity index (χ4v) is 2.50. The Morgan fingerprint density at radius 3 is 2.79 bits per heavy atom. The maximum absolute atomic E-state index is 11.0. The normalized spacial score (nSPS) is 19.2. The number of nitrogens with one attached hydrogen (secondary N) is 2. The molecule has 1 unspecified atom stereocenters. The van der Waals surface area contributed by atoms with E-state index in [0.717, 1.165) is 25.9 Å². The average molecular weight is 304 g/mol. The molecule has 1 aromatic rings. The second-order valence-corrected chi connectivity index (χ2v) is 5.45. The second kappa shape index (κ2) is 6.41. The first-order valence-electron chi connectivity index (χ1n) is 6.16. The fourth-order valence-electron chi connectivity index (χ4n) is 2.18. The number of hydrogen-bond donors (Lipinski definition) is 2. The predicted molar refractivity (Wildman–Crippen MR) is 77.2 cm³/mol. The minimum atomic E-state index is -0.455. The van der Waals surface area contributed by atoms with Gasteiger partial charge in [-0.15, -0.1) is 0 Å². The van der Waals surface area contributed by atoms with Crippen molar-refractivity contribution >= 4 is 34.6 Å². The molecule has 0 radical (unpaired) electrons. The van der Waals surface area contributed by atoms with Crippen LogP contribution in [0.5, 0.6) is 0 Å². The molecule has 1 fully saturated rings. The van der Waals surface area contributed by atoms with E-state index in [-0.39, 0.29) is 10.7 Å². The summed E-state index contributed by atoms with van der Waals surface area (Å²) >= 11 is 11.7. The number of benzene rings is 1. The van der Waals surface area contributed by atoms with Gasteiger partial charge in [0.2, 0.25) is 0 Å². The van der Waals surface area contributed by atoms with Crippen molar-refractivity contribution < 1.29 is 4.92 Å². The molecule has 0 bridgehead atoms. The maximum Gasteiger partial charge on any atom is 0.293 e. The van der Waals surface area contributed by atoms with Gasteiger partial charge in [-0.25, -0.2) is 0 Å². The first-order valence-corrected chi connectivity index (χ1v) is 6.91. The predicted octanol–water partition coefficient (Wildman–Crippen LogP) is 3.31. The van der Waals surface area contributed by atoms with E-state index in [1.807, 2.05) is 0 Å². The van der Waals surface area contributed by atoms with Gasteiger partial charge in [0.25, 0.3) is 5.69 Å². The van der Waals surface area contributed by atoms with E-state index in [9.17, 15) is 10.1 Å². The Bertz CT molecular complexity index is 476. The molecule has 0 saturated carbocycles. The van der Waals surface area contributed by atoms with E-state index < -0.39 is 4.92 Å². The second-order valence-electron chi connectivity index (χ2n) is 4.63. The topological polar surface area (TPSA) is 67.2 Å². The molecule has 19 heavy (non-hydrogen) atoms. The maximum atomic E-state index is 11.0. The Morgan fingerprint density at radius 2 is 2.16 bits per heavy atom. The number of rotatable bonds is 4. The van der Waals surface area contributed by atoms with Crippen LogP contribution in [0.4, 0.5) is 11.4 Å². The Hall–Kier alpha value is -1.04. The molecule has 0 aromatic heterocycles. The number of nitro benzene ring substituents is 1. The summed E-state index contributed by atoms with van der Waals surface area (Å²) in [4.78, 5) is 10.5. The smallest absolute Gasteiger partial charge is 0.293 e. The first-order chi connectivity index (χ1) is 9.08. The highest BCUT2D eigenvalue weighted by atomic mass is 35.5. The lowest BCUT2D eigenvalue weighted by molar-refractivity contribution is -0.383. The van der Waals surface area contributed by atoms with Crippen LogP contribution in [-0.2, 0) is 0 Å². The van der Waals surface area contributed by atoms with Crippen molar-refractivity contribution in [2.45, 2.75) is 12.8 Å². The van der Waals surface area contributed by atoms with Crippen LogP contribution in [-0.4, -0.2) is 24.6 Å². The molecule has 0 amide bonds. The largest absolute Gasteiger partial charge is 0.379 e. The van der Waals surface area contributed by atoms with Gasteiger partial charge >= 0.3 is 0 Å². The third-order valence-corrected chi connectivity index (χ3v) is 3.94. The molecule has 7 heteroatoms. The summed E-state index contributed by atoms with van der Waals surface area (Å²) in [6.07, 6.45) is 2.25. The van der Waals surface area contributed by atoms with Gasteiger partial charge in [0.1, 0.15) is 5.69 Å². The van der Waals surface area contributed by atoms with E-state index in [1.165, 1.54) is 12.1 Å². The molecular formula is C12H15Cl2N3O2. The van der Waals surface area contributed by atoms with Crippen LogP contribution in [0.15, 0.2) is 12.1 Å². The average Bonchev–Trinajstić information content (AvgIpc) is 2.40. The van der Waals surface area contributed by atoms with E-state index >= 15 is 0 Å². The van der Waals surface area contributed by atoms with Crippen LogP contribution in [0.3, 0.4) is 0 Å². The molecule has 1 aliphatic rings. The lowest BCUT2D eigenvalue weighted by atomic mass is 9.99. The van der Waals surface area contributed by atoms with E-state index in [1.54, 1.807) is 0 Å². The van der Waals surface area contributed by atoms with Gasteiger partial charge in [-0.1, -0.05) is 23.2 Å². The van der Waals surface area contributed by atoms with Gasteiger partial charge in [-0.2, -0.15) is 0 Å².